The molecular formula is C20H18F4N6O3. The normalized spacial score (nSPS) is 22.8. The molecule has 0 aromatic carbocycles. The number of hydrogen-bond acceptors (Lipinski definition) is 8. The lowest BCUT2D eigenvalue weighted by atomic mass is 9.93. The van der Waals surface area contributed by atoms with Crippen LogP contribution in [0.25, 0.3) is 0 Å². The minimum atomic E-state index is -4.83. The van der Waals surface area contributed by atoms with E-state index < -0.39 is 41.7 Å². The van der Waals surface area contributed by atoms with Crippen LogP contribution in [0.1, 0.15) is 30.7 Å². The van der Waals surface area contributed by atoms with Crippen LogP contribution in [0.2, 0.25) is 0 Å². The van der Waals surface area contributed by atoms with Crippen LogP contribution in [0, 0.1) is 24.1 Å². The second-order valence-electron chi connectivity index (χ2n) is 7.59. The van der Waals surface area contributed by atoms with Crippen molar-refractivity contribution in [2.24, 2.45) is 10.7 Å². The summed E-state index contributed by atoms with van der Waals surface area (Å²) in [5.74, 6) is -2.01. The average molecular weight is 466 g/mol. The zero-order valence-electron chi connectivity index (χ0n) is 17.6. The Morgan fingerprint density at radius 1 is 1.36 bits per heavy atom. The lowest BCUT2D eigenvalue weighted by molar-refractivity contribution is -0.249. The maximum atomic E-state index is 14.5. The van der Waals surface area contributed by atoms with Gasteiger partial charge in [0.1, 0.15) is 34.8 Å². The van der Waals surface area contributed by atoms with Gasteiger partial charge in [0.15, 0.2) is 0 Å². The number of nitrogens with two attached hydrogens (primary N) is 1. The SMILES string of the molecule is Cc1cc(C#N)cnc1OC(=O)Nc1ccc(F)c([C@]2(C)CO[C@@](C)(C(F)(F)F)C(N)=N2)n1. The Morgan fingerprint density at radius 2 is 2.06 bits per heavy atom. The monoisotopic (exact) mass is 466 g/mol. The number of amides is 1. The molecule has 2 aromatic rings. The molecule has 0 spiro atoms. The van der Waals surface area contributed by atoms with Crippen LogP contribution in [0.15, 0.2) is 29.4 Å². The lowest BCUT2D eigenvalue weighted by Gasteiger charge is -2.40. The molecule has 0 saturated carbocycles. The van der Waals surface area contributed by atoms with Gasteiger partial charge in [-0.25, -0.2) is 19.2 Å². The number of amidine groups is 1. The number of anilines is 1. The first-order valence-electron chi connectivity index (χ1n) is 9.38. The van der Waals surface area contributed by atoms with E-state index in [1.807, 2.05) is 6.07 Å². The van der Waals surface area contributed by atoms with Crippen molar-refractivity contribution in [3.05, 3.63) is 47.0 Å². The summed E-state index contributed by atoms with van der Waals surface area (Å²) < 4.78 is 64.5. The average Bonchev–Trinajstić information content (AvgIpc) is 2.73. The smallest absolute Gasteiger partial charge is 0.391 e. The summed E-state index contributed by atoms with van der Waals surface area (Å²) in [6, 6.07) is 5.44. The molecule has 3 heterocycles. The van der Waals surface area contributed by atoms with Crippen molar-refractivity contribution < 1.29 is 31.8 Å². The van der Waals surface area contributed by atoms with E-state index in [0.717, 1.165) is 19.1 Å². The topological polar surface area (TPSA) is 136 Å². The molecule has 1 amide bonds. The van der Waals surface area contributed by atoms with Gasteiger partial charge in [0.05, 0.1) is 12.2 Å². The number of rotatable bonds is 3. The molecular weight excluding hydrogens is 448 g/mol. The third-order valence-electron chi connectivity index (χ3n) is 4.97. The summed E-state index contributed by atoms with van der Waals surface area (Å²) >= 11 is 0. The van der Waals surface area contributed by atoms with Crippen LogP contribution in [-0.2, 0) is 10.3 Å². The van der Waals surface area contributed by atoms with Crippen LogP contribution < -0.4 is 15.8 Å². The molecule has 2 atom stereocenters. The minimum absolute atomic E-state index is 0.0645. The molecule has 1 aliphatic rings. The van der Waals surface area contributed by atoms with Gasteiger partial charge in [0.2, 0.25) is 11.5 Å². The van der Waals surface area contributed by atoms with E-state index in [2.05, 4.69) is 20.3 Å². The van der Waals surface area contributed by atoms with Crippen molar-refractivity contribution in [1.29, 1.82) is 5.26 Å². The number of hydrogen-bond donors (Lipinski definition) is 2. The number of aryl methyl sites for hydroxylation is 1. The maximum absolute atomic E-state index is 14.5. The van der Waals surface area contributed by atoms with E-state index in [1.165, 1.54) is 19.2 Å². The summed E-state index contributed by atoms with van der Waals surface area (Å²) in [5, 5.41) is 11.1. The van der Waals surface area contributed by atoms with Crippen LogP contribution in [-0.4, -0.2) is 40.3 Å². The van der Waals surface area contributed by atoms with Crippen molar-refractivity contribution in [3.8, 4) is 11.9 Å². The van der Waals surface area contributed by atoms with E-state index in [4.69, 9.17) is 20.5 Å². The Morgan fingerprint density at radius 3 is 2.64 bits per heavy atom. The molecule has 0 aliphatic carbocycles. The van der Waals surface area contributed by atoms with Gasteiger partial charge in [-0.2, -0.15) is 18.4 Å². The maximum Gasteiger partial charge on any atom is 0.424 e. The fourth-order valence-electron chi connectivity index (χ4n) is 2.95. The molecule has 0 unspecified atom stereocenters. The first kappa shape index (κ1) is 23.9. The number of ether oxygens (including phenoxy) is 2. The van der Waals surface area contributed by atoms with Gasteiger partial charge >= 0.3 is 12.3 Å². The van der Waals surface area contributed by atoms with E-state index in [-0.39, 0.29) is 23.0 Å². The van der Waals surface area contributed by atoms with Gasteiger partial charge in [0.25, 0.3) is 0 Å². The highest BCUT2D eigenvalue weighted by Gasteiger charge is 2.59. The fourth-order valence-corrected chi connectivity index (χ4v) is 2.95. The number of aromatic nitrogens is 2. The predicted molar refractivity (Wildman–Crippen MR) is 107 cm³/mol. The standard InChI is InChI=1S/C20H18F4N6O3/c1-10-6-11(7-25)8-27-15(10)33-17(31)29-13-5-4-12(21)14(28-13)18(2)9-32-19(3,16(26)30-18)20(22,23)24/h4-6,8H,9H2,1-3H3,(H2,26,30)(H,28,29,31)/t18-,19+/m0/s1. The van der Waals surface area contributed by atoms with Gasteiger partial charge in [0, 0.05) is 11.8 Å². The molecule has 0 saturated heterocycles. The second-order valence-corrected chi connectivity index (χ2v) is 7.59. The zero-order chi connectivity index (χ0) is 24.6. The third-order valence-corrected chi connectivity index (χ3v) is 4.97. The Bertz CT molecular complexity index is 1180. The van der Waals surface area contributed by atoms with Crippen molar-refractivity contribution in [2.45, 2.75) is 38.1 Å². The number of nitriles is 1. The third kappa shape index (κ3) is 4.56. The number of alkyl halides is 3. The Kier molecular flexibility index (Phi) is 5.99. The molecule has 2 aromatic heterocycles. The van der Waals surface area contributed by atoms with Crippen LogP contribution in [0.5, 0.6) is 5.88 Å². The summed E-state index contributed by atoms with van der Waals surface area (Å²) in [7, 11) is 0. The van der Waals surface area contributed by atoms with Gasteiger partial charge in [-0.15, -0.1) is 0 Å². The summed E-state index contributed by atoms with van der Waals surface area (Å²) in [6.45, 7) is 2.93. The number of nitrogens with one attached hydrogen (secondary N) is 1. The molecule has 3 rings (SSSR count). The number of aliphatic imine (C=N–C) groups is 1. The number of nitrogens with zero attached hydrogens (tertiary/aromatic N) is 4. The Labute approximate surface area is 185 Å². The molecule has 9 nitrogen and oxygen atoms in total. The van der Waals surface area contributed by atoms with Crippen LogP contribution >= 0.6 is 0 Å². The van der Waals surface area contributed by atoms with Crippen molar-refractivity contribution >= 4 is 17.7 Å². The van der Waals surface area contributed by atoms with Crippen LogP contribution in [0.3, 0.4) is 0 Å². The van der Waals surface area contributed by atoms with E-state index in [9.17, 15) is 22.4 Å². The summed E-state index contributed by atoms with van der Waals surface area (Å²) in [6.07, 6.45) is -4.64. The van der Waals surface area contributed by atoms with Gasteiger partial charge in [-0.1, -0.05) is 0 Å². The number of carbonyl (C=O) groups excluding carboxylic acids is 1. The van der Waals surface area contributed by atoms with Crippen molar-refractivity contribution in [2.75, 3.05) is 11.9 Å². The van der Waals surface area contributed by atoms with Gasteiger partial charge in [-0.05, 0) is 39.0 Å². The summed E-state index contributed by atoms with van der Waals surface area (Å²) in [5.41, 5.74) is 1.33. The predicted octanol–water partition coefficient (Wildman–Crippen LogP) is 3.33. The number of halogens is 4. The number of carbonyl (C=O) groups is 1. The second kappa shape index (κ2) is 8.28. The molecule has 0 radical (unpaired) electrons. The fraction of sp³-hybridized carbons (Fsp3) is 0.350. The first-order chi connectivity index (χ1) is 15.3. The van der Waals surface area contributed by atoms with Crippen molar-refractivity contribution in [3.63, 3.8) is 0 Å². The molecule has 1 aliphatic heterocycles. The molecule has 0 fully saturated rings. The van der Waals surface area contributed by atoms with E-state index >= 15 is 0 Å². The zero-order valence-corrected chi connectivity index (χ0v) is 17.6. The van der Waals surface area contributed by atoms with Gasteiger partial charge < -0.3 is 15.2 Å². The van der Waals surface area contributed by atoms with E-state index in [1.54, 1.807) is 6.92 Å². The quantitative estimate of drug-likeness (QED) is 0.663. The molecule has 0 bridgehead atoms. The molecule has 33 heavy (non-hydrogen) atoms. The number of pyridine rings is 2. The Balaban J connectivity index is 1.84. The lowest BCUT2D eigenvalue weighted by Crippen LogP contribution is -2.60. The van der Waals surface area contributed by atoms with E-state index in [0.29, 0.717) is 5.56 Å². The minimum Gasteiger partial charge on any atom is -0.391 e. The Hall–Kier alpha value is -3.79. The summed E-state index contributed by atoms with van der Waals surface area (Å²) in [4.78, 5) is 23.9. The molecule has 3 N–H and O–H groups in total. The molecule has 174 valence electrons. The highest BCUT2D eigenvalue weighted by Crippen LogP contribution is 2.41. The molecule has 13 heteroatoms. The van der Waals surface area contributed by atoms with Crippen LogP contribution in [0.4, 0.5) is 28.2 Å². The first-order valence-corrected chi connectivity index (χ1v) is 9.38. The highest BCUT2D eigenvalue weighted by atomic mass is 19.4. The van der Waals surface area contributed by atoms with Crippen molar-refractivity contribution in [1.82, 2.24) is 9.97 Å². The van der Waals surface area contributed by atoms with Gasteiger partial charge in [-0.3, -0.25) is 10.3 Å². The largest absolute Gasteiger partial charge is 0.424 e. The highest BCUT2D eigenvalue weighted by molar-refractivity contribution is 5.90.